The second kappa shape index (κ2) is 8.61. The normalized spacial score (nSPS) is 13.9. The number of benzene rings is 2. The number of aromatic nitrogens is 3. The number of rotatable bonds is 6. The van der Waals surface area contributed by atoms with Gasteiger partial charge >= 0.3 is 0 Å². The highest BCUT2D eigenvalue weighted by atomic mass is 16.6. The molecule has 1 aliphatic heterocycles. The highest BCUT2D eigenvalue weighted by molar-refractivity contribution is 6.07. The molecule has 0 aliphatic carbocycles. The first-order valence-corrected chi connectivity index (χ1v) is 11.1. The molecule has 0 spiro atoms. The van der Waals surface area contributed by atoms with Crippen LogP contribution < -0.4 is 20.3 Å². The number of ether oxygens (including phenoxy) is 2. The molecular weight excluding hydrogens is 420 g/mol. The van der Waals surface area contributed by atoms with Crippen molar-refractivity contribution in [2.24, 2.45) is 7.05 Å². The van der Waals surface area contributed by atoms with Gasteiger partial charge < -0.3 is 19.4 Å². The van der Waals surface area contributed by atoms with Crippen LogP contribution in [0.3, 0.4) is 0 Å². The summed E-state index contributed by atoms with van der Waals surface area (Å²) in [4.78, 5) is 25.4. The fourth-order valence-corrected chi connectivity index (χ4v) is 4.40. The van der Waals surface area contributed by atoms with Crippen molar-refractivity contribution in [3.8, 4) is 11.5 Å². The van der Waals surface area contributed by atoms with Gasteiger partial charge in [-0.25, -0.2) is 4.68 Å². The van der Waals surface area contributed by atoms with Gasteiger partial charge in [-0.15, -0.1) is 0 Å². The largest absolute Gasteiger partial charge is 0.486 e. The first-order valence-electron chi connectivity index (χ1n) is 11.1. The van der Waals surface area contributed by atoms with E-state index in [1.165, 1.54) is 4.68 Å². The van der Waals surface area contributed by atoms with Crippen LogP contribution in [0.1, 0.15) is 31.4 Å². The Bertz CT molecular complexity index is 1410. The molecule has 0 saturated heterocycles. The van der Waals surface area contributed by atoms with Crippen LogP contribution >= 0.6 is 0 Å². The van der Waals surface area contributed by atoms with Crippen molar-refractivity contribution in [2.75, 3.05) is 13.2 Å². The summed E-state index contributed by atoms with van der Waals surface area (Å²) in [5.41, 5.74) is 2.42. The molecule has 170 valence electrons. The Morgan fingerprint density at radius 1 is 1.12 bits per heavy atom. The molecular formula is C25H26N4O4. The lowest BCUT2D eigenvalue weighted by Gasteiger charge is -2.21. The average molecular weight is 447 g/mol. The van der Waals surface area contributed by atoms with Gasteiger partial charge in [0, 0.05) is 36.3 Å². The number of aryl methyl sites for hydroxylation is 2. The Balaban J connectivity index is 1.28. The predicted octanol–water partition coefficient (Wildman–Crippen LogP) is 3.32. The lowest BCUT2D eigenvalue weighted by atomic mass is 10.1. The second-order valence-electron chi connectivity index (χ2n) is 8.30. The van der Waals surface area contributed by atoms with Crippen LogP contribution in [0.4, 0.5) is 0 Å². The minimum Gasteiger partial charge on any atom is -0.486 e. The van der Waals surface area contributed by atoms with E-state index in [1.54, 1.807) is 13.2 Å². The van der Waals surface area contributed by atoms with Gasteiger partial charge in [0.2, 0.25) is 5.91 Å². The standard InChI is InChI=1S/C25H26N4O4/c1-16(17-9-10-21-22(14-17)33-13-12-32-21)27-23(30)8-5-11-29-20-7-4-3-6-18(20)19-15-26-28(2)25(31)24(19)29/h3-4,6-7,9-10,14-16H,5,8,11-13H2,1-2H3,(H,27,30)/t16-/m1/s1. The van der Waals surface area contributed by atoms with Gasteiger partial charge in [0.1, 0.15) is 18.7 Å². The van der Waals surface area contributed by atoms with Crippen LogP contribution in [-0.4, -0.2) is 33.5 Å². The second-order valence-corrected chi connectivity index (χ2v) is 8.30. The molecule has 1 aliphatic rings. The van der Waals surface area contributed by atoms with Crippen LogP contribution in [-0.2, 0) is 18.4 Å². The first-order chi connectivity index (χ1) is 16.0. The van der Waals surface area contributed by atoms with Crippen molar-refractivity contribution in [2.45, 2.75) is 32.4 Å². The Labute approximate surface area is 190 Å². The summed E-state index contributed by atoms with van der Waals surface area (Å²) in [6, 6.07) is 13.5. The van der Waals surface area contributed by atoms with E-state index in [9.17, 15) is 9.59 Å². The highest BCUT2D eigenvalue weighted by Crippen LogP contribution is 2.32. The minimum absolute atomic E-state index is 0.0345. The molecule has 0 unspecified atom stereocenters. The van der Waals surface area contributed by atoms with Gasteiger partial charge in [-0.05, 0) is 37.1 Å². The quantitative estimate of drug-likeness (QED) is 0.491. The maximum atomic E-state index is 12.8. The molecule has 5 rings (SSSR count). The Morgan fingerprint density at radius 2 is 1.91 bits per heavy atom. The average Bonchev–Trinajstić information content (AvgIpc) is 3.15. The molecule has 33 heavy (non-hydrogen) atoms. The van der Waals surface area contributed by atoms with Gasteiger partial charge in [-0.2, -0.15) is 5.10 Å². The minimum atomic E-state index is -0.153. The van der Waals surface area contributed by atoms with Gasteiger partial charge in [0.25, 0.3) is 5.56 Å². The molecule has 1 amide bonds. The number of amides is 1. The zero-order chi connectivity index (χ0) is 22.9. The molecule has 8 heteroatoms. The third kappa shape index (κ3) is 3.92. The number of fused-ring (bicyclic) bond motifs is 4. The van der Waals surface area contributed by atoms with Crippen molar-refractivity contribution in [3.05, 3.63) is 64.6 Å². The summed E-state index contributed by atoms with van der Waals surface area (Å²) in [6.07, 6.45) is 2.70. The van der Waals surface area contributed by atoms with Crippen molar-refractivity contribution < 1.29 is 14.3 Å². The monoisotopic (exact) mass is 446 g/mol. The zero-order valence-electron chi connectivity index (χ0n) is 18.7. The van der Waals surface area contributed by atoms with E-state index < -0.39 is 0 Å². The molecule has 0 fully saturated rings. The summed E-state index contributed by atoms with van der Waals surface area (Å²) in [5, 5.41) is 9.07. The summed E-state index contributed by atoms with van der Waals surface area (Å²) in [5.74, 6) is 1.41. The first kappa shape index (κ1) is 21.1. The van der Waals surface area contributed by atoms with E-state index in [0.717, 1.165) is 27.6 Å². The molecule has 1 atom stereocenters. The number of hydrogen-bond donors (Lipinski definition) is 1. The Morgan fingerprint density at radius 3 is 2.76 bits per heavy atom. The van der Waals surface area contributed by atoms with E-state index in [2.05, 4.69) is 10.4 Å². The Kier molecular flexibility index (Phi) is 5.50. The van der Waals surface area contributed by atoms with Crippen LogP contribution in [0.15, 0.2) is 53.5 Å². The maximum Gasteiger partial charge on any atom is 0.291 e. The van der Waals surface area contributed by atoms with Crippen molar-refractivity contribution in [1.82, 2.24) is 19.7 Å². The molecule has 0 radical (unpaired) electrons. The fraction of sp³-hybridized carbons (Fsp3) is 0.320. The molecule has 2 aromatic carbocycles. The summed E-state index contributed by atoms with van der Waals surface area (Å²) in [7, 11) is 1.65. The number of nitrogens with zero attached hydrogens (tertiary/aromatic N) is 3. The molecule has 0 bridgehead atoms. The molecule has 4 aromatic rings. The van der Waals surface area contributed by atoms with E-state index in [0.29, 0.717) is 43.9 Å². The van der Waals surface area contributed by atoms with Crippen molar-refractivity contribution in [1.29, 1.82) is 0 Å². The number of para-hydroxylation sites is 1. The van der Waals surface area contributed by atoms with Gasteiger partial charge in [-0.1, -0.05) is 24.3 Å². The summed E-state index contributed by atoms with van der Waals surface area (Å²) < 4.78 is 14.6. The molecule has 3 heterocycles. The fourth-order valence-electron chi connectivity index (χ4n) is 4.40. The van der Waals surface area contributed by atoms with Gasteiger partial charge in [0.05, 0.1) is 12.2 Å². The highest BCUT2D eigenvalue weighted by Gasteiger charge is 2.17. The summed E-state index contributed by atoms with van der Waals surface area (Å²) >= 11 is 0. The Hall–Kier alpha value is -3.81. The number of carbonyl (C=O) groups is 1. The van der Waals surface area contributed by atoms with Crippen molar-refractivity contribution >= 4 is 27.7 Å². The number of carbonyl (C=O) groups excluding carboxylic acids is 1. The third-order valence-electron chi connectivity index (χ3n) is 6.10. The van der Waals surface area contributed by atoms with E-state index >= 15 is 0 Å². The predicted molar refractivity (Wildman–Crippen MR) is 126 cm³/mol. The van der Waals surface area contributed by atoms with Crippen LogP contribution in [0.5, 0.6) is 11.5 Å². The van der Waals surface area contributed by atoms with Crippen LogP contribution in [0, 0.1) is 0 Å². The molecule has 2 aromatic heterocycles. The van der Waals surface area contributed by atoms with Gasteiger partial charge in [-0.3, -0.25) is 9.59 Å². The molecule has 1 N–H and O–H groups in total. The number of hydrogen-bond acceptors (Lipinski definition) is 5. The molecule has 0 saturated carbocycles. The van der Waals surface area contributed by atoms with Gasteiger partial charge in [0.15, 0.2) is 11.5 Å². The number of nitrogens with one attached hydrogen (secondary N) is 1. The van der Waals surface area contributed by atoms with Crippen molar-refractivity contribution in [3.63, 3.8) is 0 Å². The third-order valence-corrected chi connectivity index (χ3v) is 6.10. The van der Waals surface area contributed by atoms with E-state index in [4.69, 9.17) is 9.47 Å². The molecule has 8 nitrogen and oxygen atoms in total. The van der Waals surface area contributed by atoms with E-state index in [1.807, 2.05) is 54.0 Å². The SMILES string of the molecule is C[C@@H](NC(=O)CCCn1c2ccccc2c2cnn(C)c(=O)c21)c1ccc2c(c1)OCCO2. The topological polar surface area (TPSA) is 87.4 Å². The zero-order valence-corrected chi connectivity index (χ0v) is 18.7. The lowest BCUT2D eigenvalue weighted by molar-refractivity contribution is -0.121. The van der Waals surface area contributed by atoms with Crippen LogP contribution in [0.2, 0.25) is 0 Å². The smallest absolute Gasteiger partial charge is 0.291 e. The maximum absolute atomic E-state index is 12.8. The summed E-state index contributed by atoms with van der Waals surface area (Å²) in [6.45, 7) is 3.59. The van der Waals surface area contributed by atoms with E-state index in [-0.39, 0.29) is 17.5 Å². The lowest BCUT2D eigenvalue weighted by Crippen LogP contribution is -2.27. The van der Waals surface area contributed by atoms with Crippen LogP contribution in [0.25, 0.3) is 21.8 Å².